The predicted molar refractivity (Wildman–Crippen MR) is 70.4 cm³/mol. The van der Waals surface area contributed by atoms with Crippen LogP contribution in [0.2, 0.25) is 0 Å². The van der Waals surface area contributed by atoms with Crippen LogP contribution in [0.1, 0.15) is 26.2 Å². The minimum atomic E-state index is -0.673. The van der Waals surface area contributed by atoms with Crippen molar-refractivity contribution >= 4 is 11.9 Å². The van der Waals surface area contributed by atoms with Crippen LogP contribution in [-0.2, 0) is 19.1 Å². The zero-order valence-electron chi connectivity index (χ0n) is 11.8. The highest BCUT2D eigenvalue weighted by molar-refractivity contribution is 6.14. The Bertz CT molecular complexity index is 374. The van der Waals surface area contributed by atoms with Crippen LogP contribution in [0, 0.1) is 0 Å². The van der Waals surface area contributed by atoms with Crippen molar-refractivity contribution in [3.05, 3.63) is 23.4 Å². The smallest absolute Gasteiger partial charge is 0.345 e. The van der Waals surface area contributed by atoms with Crippen LogP contribution in [0.15, 0.2) is 23.4 Å². The van der Waals surface area contributed by atoms with Gasteiger partial charge in [-0.3, -0.25) is 0 Å². The first-order valence-corrected chi connectivity index (χ1v) is 6.49. The van der Waals surface area contributed by atoms with Gasteiger partial charge < -0.3 is 14.4 Å². The molecule has 0 bridgehead atoms. The summed E-state index contributed by atoms with van der Waals surface area (Å²) in [4.78, 5) is 24.4. The molecule has 1 aliphatic rings. The highest BCUT2D eigenvalue weighted by Crippen LogP contribution is 2.06. The fourth-order valence-corrected chi connectivity index (χ4v) is 2.16. The van der Waals surface area contributed by atoms with Gasteiger partial charge in [0, 0.05) is 5.57 Å². The molecule has 1 rings (SSSR count). The van der Waals surface area contributed by atoms with Gasteiger partial charge in [0.25, 0.3) is 0 Å². The molecule has 0 atom stereocenters. The van der Waals surface area contributed by atoms with Crippen molar-refractivity contribution in [3.8, 4) is 0 Å². The normalized spacial score (nSPS) is 16.7. The number of methoxy groups -OCH3 is 2. The molecule has 0 aromatic heterocycles. The second kappa shape index (κ2) is 7.74. The second-order valence-electron chi connectivity index (χ2n) is 4.65. The van der Waals surface area contributed by atoms with Crippen molar-refractivity contribution in [2.24, 2.45) is 0 Å². The number of hydrogen-bond acceptors (Lipinski definition) is 4. The average molecular weight is 268 g/mol. The molecular formula is C14H22NO4+. The van der Waals surface area contributed by atoms with E-state index in [1.807, 2.05) is 13.1 Å². The van der Waals surface area contributed by atoms with E-state index >= 15 is 0 Å². The van der Waals surface area contributed by atoms with E-state index in [-0.39, 0.29) is 5.57 Å². The highest BCUT2D eigenvalue weighted by Gasteiger charge is 2.20. The summed E-state index contributed by atoms with van der Waals surface area (Å²) < 4.78 is 9.17. The number of rotatable bonds is 4. The first-order chi connectivity index (χ1) is 9.08. The summed E-state index contributed by atoms with van der Waals surface area (Å²) in [6.45, 7) is 4.06. The molecule has 0 radical (unpaired) electrons. The third kappa shape index (κ3) is 4.87. The van der Waals surface area contributed by atoms with Crippen molar-refractivity contribution < 1.29 is 24.0 Å². The van der Waals surface area contributed by atoms with Crippen molar-refractivity contribution in [2.75, 3.05) is 27.3 Å². The van der Waals surface area contributed by atoms with Crippen LogP contribution >= 0.6 is 0 Å². The fourth-order valence-electron chi connectivity index (χ4n) is 2.16. The number of ether oxygens (including phenoxy) is 2. The average Bonchev–Trinajstić information content (AvgIpc) is 2.44. The molecule has 1 N–H and O–H groups in total. The number of piperidine rings is 1. The standard InChI is InChI=1S/C14H21NO4/c1-11(10-15-7-5-4-6-8-15)9-12(13(16)18-2)14(17)19-3/h9-10H,4-8H2,1-3H3/p+1. The molecule has 0 aromatic rings. The SMILES string of the molecule is COC(=O)C(=CC(C)=C[NH+]1CCCCC1)C(=O)OC. The molecule has 1 fully saturated rings. The molecule has 0 aromatic carbocycles. The quantitative estimate of drug-likeness (QED) is 0.261. The van der Waals surface area contributed by atoms with Crippen LogP contribution < -0.4 is 4.90 Å². The van der Waals surface area contributed by atoms with Gasteiger partial charge >= 0.3 is 11.9 Å². The minimum absolute atomic E-state index is 0.0739. The van der Waals surface area contributed by atoms with Gasteiger partial charge in [0.15, 0.2) is 0 Å². The zero-order valence-corrected chi connectivity index (χ0v) is 11.8. The number of nitrogens with one attached hydrogen (secondary N) is 1. The van der Waals surface area contributed by atoms with E-state index in [1.165, 1.54) is 44.5 Å². The van der Waals surface area contributed by atoms with Crippen LogP contribution in [0.25, 0.3) is 0 Å². The Morgan fingerprint density at radius 2 is 1.53 bits per heavy atom. The monoisotopic (exact) mass is 268 g/mol. The fraction of sp³-hybridized carbons (Fsp3) is 0.571. The van der Waals surface area contributed by atoms with Crippen molar-refractivity contribution in [1.29, 1.82) is 0 Å². The lowest BCUT2D eigenvalue weighted by atomic mass is 10.1. The summed E-state index contributed by atoms with van der Waals surface area (Å²) in [5, 5.41) is 0. The Morgan fingerprint density at radius 3 is 2.00 bits per heavy atom. The molecule has 5 nitrogen and oxygen atoms in total. The third-order valence-corrected chi connectivity index (χ3v) is 3.11. The van der Waals surface area contributed by atoms with Gasteiger partial charge in [0.1, 0.15) is 5.57 Å². The lowest BCUT2D eigenvalue weighted by Crippen LogP contribution is -3.08. The van der Waals surface area contributed by atoms with Crippen molar-refractivity contribution in [2.45, 2.75) is 26.2 Å². The molecule has 1 heterocycles. The predicted octanol–water partition coefficient (Wildman–Crippen LogP) is 0.231. The molecule has 0 aliphatic carbocycles. The highest BCUT2D eigenvalue weighted by atomic mass is 16.5. The summed E-state index contributed by atoms with van der Waals surface area (Å²) in [5.41, 5.74) is 0.790. The van der Waals surface area contributed by atoms with Crippen LogP contribution in [-0.4, -0.2) is 39.2 Å². The van der Waals surface area contributed by atoms with E-state index in [2.05, 4.69) is 9.47 Å². The lowest BCUT2D eigenvalue weighted by molar-refractivity contribution is -0.852. The van der Waals surface area contributed by atoms with E-state index in [4.69, 9.17) is 0 Å². The van der Waals surface area contributed by atoms with Gasteiger partial charge in [0.2, 0.25) is 0 Å². The third-order valence-electron chi connectivity index (χ3n) is 3.11. The number of quaternary nitrogens is 1. The Morgan fingerprint density at radius 1 is 1.00 bits per heavy atom. The molecular weight excluding hydrogens is 246 g/mol. The van der Waals surface area contributed by atoms with Gasteiger partial charge in [-0.05, 0) is 32.3 Å². The minimum Gasteiger partial charge on any atom is -0.465 e. The number of esters is 2. The Hall–Kier alpha value is -1.62. The van der Waals surface area contributed by atoms with Gasteiger partial charge in [-0.15, -0.1) is 0 Å². The molecule has 0 amide bonds. The van der Waals surface area contributed by atoms with Crippen molar-refractivity contribution in [3.63, 3.8) is 0 Å². The summed E-state index contributed by atoms with van der Waals surface area (Å²) in [6.07, 6.45) is 7.28. The van der Waals surface area contributed by atoms with Crippen molar-refractivity contribution in [1.82, 2.24) is 0 Å². The first kappa shape index (κ1) is 15.4. The van der Waals surface area contributed by atoms with Gasteiger partial charge in [-0.1, -0.05) is 0 Å². The Kier molecular flexibility index (Phi) is 6.29. The number of likely N-dealkylation sites (tertiary alicyclic amines) is 1. The first-order valence-electron chi connectivity index (χ1n) is 6.49. The van der Waals surface area contributed by atoms with E-state index in [0.717, 1.165) is 18.7 Å². The largest absolute Gasteiger partial charge is 0.465 e. The van der Waals surface area contributed by atoms with Gasteiger partial charge in [0.05, 0.1) is 33.5 Å². The number of carbonyl (C=O) groups is 2. The van der Waals surface area contributed by atoms with E-state index in [9.17, 15) is 9.59 Å². The van der Waals surface area contributed by atoms with Gasteiger partial charge in [-0.25, -0.2) is 9.59 Å². The molecule has 0 unspecified atom stereocenters. The molecule has 0 saturated carbocycles. The molecule has 5 heteroatoms. The summed E-state index contributed by atoms with van der Waals surface area (Å²) in [5.74, 6) is -1.35. The summed E-state index contributed by atoms with van der Waals surface area (Å²) in [7, 11) is 2.49. The van der Waals surface area contributed by atoms with Crippen LogP contribution in [0.5, 0.6) is 0 Å². The Labute approximate surface area is 113 Å². The zero-order chi connectivity index (χ0) is 14.3. The maximum Gasteiger partial charge on any atom is 0.345 e. The van der Waals surface area contributed by atoms with Crippen LogP contribution in [0.4, 0.5) is 0 Å². The second-order valence-corrected chi connectivity index (χ2v) is 4.65. The maximum absolute atomic E-state index is 11.5. The summed E-state index contributed by atoms with van der Waals surface area (Å²) >= 11 is 0. The number of allylic oxidation sites excluding steroid dienone is 2. The topological polar surface area (TPSA) is 57.0 Å². The molecule has 19 heavy (non-hydrogen) atoms. The maximum atomic E-state index is 11.5. The molecule has 0 spiro atoms. The molecule has 1 aliphatic heterocycles. The number of hydrogen-bond donors (Lipinski definition) is 1. The van der Waals surface area contributed by atoms with E-state index in [0.29, 0.717) is 0 Å². The molecule has 106 valence electrons. The van der Waals surface area contributed by atoms with E-state index < -0.39 is 11.9 Å². The molecule has 1 saturated heterocycles. The van der Waals surface area contributed by atoms with Gasteiger partial charge in [-0.2, -0.15) is 0 Å². The van der Waals surface area contributed by atoms with Crippen LogP contribution in [0.3, 0.4) is 0 Å². The summed E-state index contributed by atoms with van der Waals surface area (Å²) in [6, 6.07) is 0. The van der Waals surface area contributed by atoms with E-state index in [1.54, 1.807) is 0 Å². The lowest BCUT2D eigenvalue weighted by Gasteiger charge is -2.19. The Balaban J connectivity index is 2.84. The number of carbonyl (C=O) groups excluding carboxylic acids is 2.